The molecule has 0 fully saturated rings. The Morgan fingerprint density at radius 1 is 0.824 bits per heavy atom. The second-order valence-electron chi connectivity index (χ2n) is 8.61. The van der Waals surface area contributed by atoms with E-state index in [1.807, 2.05) is 37.3 Å². The first kappa shape index (κ1) is 27.8. The van der Waals surface area contributed by atoms with Gasteiger partial charge in [-0.2, -0.15) is 6.07 Å². The molecule has 4 aromatic rings. The monoisotopic (exact) mass is 512 g/mol. The molecule has 0 aromatic heterocycles. The van der Waals surface area contributed by atoms with Crippen molar-refractivity contribution in [1.29, 1.82) is 0 Å². The van der Waals surface area contributed by atoms with Gasteiger partial charge < -0.3 is 35.1 Å². The van der Waals surface area contributed by atoms with E-state index in [0.717, 1.165) is 5.56 Å². The quantitative estimate of drug-likeness (QED) is 0.133. The van der Waals surface area contributed by atoms with Gasteiger partial charge >= 0.3 is 5.97 Å². The molecule has 0 aliphatic rings. The van der Waals surface area contributed by atoms with E-state index >= 15 is 0 Å². The normalized spacial score (nSPS) is 11.3. The summed E-state index contributed by atoms with van der Waals surface area (Å²) in [6.45, 7) is 12.0. The Morgan fingerprint density at radius 3 is 1.62 bits per heavy atom. The van der Waals surface area contributed by atoms with Crippen LogP contribution in [0.2, 0.25) is 0 Å². The summed E-state index contributed by atoms with van der Waals surface area (Å²) >= 11 is 0. The van der Waals surface area contributed by atoms with E-state index < -0.39 is 7.92 Å². The number of carbonyl (C=O) groups excluding carboxylic acids is 1. The Kier molecular flexibility index (Phi) is 10.5. The molecule has 0 spiro atoms. The molecule has 1 atom stereocenters. The van der Waals surface area contributed by atoms with Crippen molar-refractivity contribution >= 4 is 29.8 Å². The van der Waals surface area contributed by atoms with Crippen LogP contribution in [-0.4, -0.2) is 5.97 Å². The fourth-order valence-electron chi connectivity index (χ4n) is 4.19. The summed E-state index contributed by atoms with van der Waals surface area (Å²) in [4.78, 5) is 11.5. The smallest absolute Gasteiger partial charge is 0.302 e. The van der Waals surface area contributed by atoms with Gasteiger partial charge in [0, 0.05) is 24.0 Å². The Balaban J connectivity index is 0.000000603. The van der Waals surface area contributed by atoms with Gasteiger partial charge in [0.2, 0.25) is 0 Å². The second-order valence-corrected chi connectivity index (χ2v) is 10.8. The minimum absolute atomic E-state index is 0. The molecule has 4 rings (SSSR count). The summed E-state index contributed by atoms with van der Waals surface area (Å²) in [7, 11) is -0.743. The van der Waals surface area contributed by atoms with Crippen molar-refractivity contribution in [2.24, 2.45) is 0 Å². The Hall–Kier alpha value is -2.44. The van der Waals surface area contributed by atoms with Crippen LogP contribution < -0.4 is 15.9 Å². The minimum Gasteiger partial charge on any atom is -0.748 e. The van der Waals surface area contributed by atoms with Gasteiger partial charge in [0.05, 0.1) is 6.10 Å². The number of hydrogen-bond acceptors (Lipinski definition) is 2. The molecule has 34 heavy (non-hydrogen) atoms. The van der Waals surface area contributed by atoms with Gasteiger partial charge in [-0.05, 0) is 53.1 Å². The predicted molar refractivity (Wildman–Crippen MR) is 142 cm³/mol. The molecule has 0 N–H and O–H groups in total. The van der Waals surface area contributed by atoms with E-state index in [1.165, 1.54) is 45.1 Å². The van der Waals surface area contributed by atoms with Crippen molar-refractivity contribution in [3.05, 3.63) is 113 Å². The van der Waals surface area contributed by atoms with Crippen molar-refractivity contribution in [3.63, 3.8) is 0 Å². The predicted octanol–water partition coefficient (Wildman–Crippen LogP) is 6.42. The van der Waals surface area contributed by atoms with Crippen LogP contribution in [0.4, 0.5) is 0 Å². The average Bonchev–Trinajstić information content (AvgIpc) is 3.42. The number of esters is 1. The van der Waals surface area contributed by atoms with Crippen molar-refractivity contribution in [2.45, 2.75) is 47.6 Å². The Morgan fingerprint density at radius 2 is 1.24 bits per heavy atom. The van der Waals surface area contributed by atoms with Crippen LogP contribution in [0.5, 0.6) is 0 Å². The molecule has 0 heterocycles. The standard InChI is InChI=1S/C25H28O2P.C5H5.Fe/c1-16-10-17(2)13-22(12-16)28(23-14-18(3)11-19(4)15-23)25-9-7-8-24(25)20(5)27-21(6)26;1-2-4-5-3-1;/h7-15,20H,1-6H3;1-5H;/q-1;-5;. The topological polar surface area (TPSA) is 26.3 Å². The van der Waals surface area contributed by atoms with Gasteiger partial charge in [0.15, 0.2) is 0 Å². The van der Waals surface area contributed by atoms with Gasteiger partial charge in [-0.1, -0.05) is 58.7 Å². The molecule has 0 saturated heterocycles. The third kappa shape index (κ3) is 7.54. The molecule has 2 nitrogen and oxygen atoms in total. The minimum atomic E-state index is -0.743. The number of ether oxygens (including phenoxy) is 1. The van der Waals surface area contributed by atoms with Crippen molar-refractivity contribution < 1.29 is 26.6 Å². The molecular weight excluding hydrogens is 479 g/mol. The Labute approximate surface area is 216 Å². The van der Waals surface area contributed by atoms with Crippen LogP contribution in [0, 0.1) is 27.7 Å². The van der Waals surface area contributed by atoms with Gasteiger partial charge in [-0.25, -0.2) is 12.1 Å². The van der Waals surface area contributed by atoms with E-state index in [-0.39, 0.29) is 29.1 Å². The zero-order valence-corrected chi connectivity index (χ0v) is 22.8. The SMILES string of the molecule is CC(=O)OC(C)[c-]1cccc1P(c1cc(C)cc(C)c1)c1cc(C)cc(C)c1.[Fe].[cH-]1[cH-][cH-][cH-][cH-]1. The van der Waals surface area contributed by atoms with Crippen molar-refractivity contribution in [1.82, 2.24) is 0 Å². The summed E-state index contributed by atoms with van der Waals surface area (Å²) in [5.74, 6) is -0.248. The molecule has 4 heteroatoms. The second kappa shape index (κ2) is 12.9. The molecule has 0 aliphatic carbocycles. The third-order valence-corrected chi connectivity index (χ3v) is 7.77. The summed E-state index contributed by atoms with van der Waals surface area (Å²) in [6, 6.07) is 30.0. The fraction of sp³-hybridized carbons (Fsp3) is 0.233. The molecule has 0 radical (unpaired) electrons. The maximum absolute atomic E-state index is 11.5. The van der Waals surface area contributed by atoms with Gasteiger partial charge in [-0.3, -0.25) is 4.79 Å². The molecule has 1 unspecified atom stereocenters. The molecular formula is C30H33FeO2P-6. The third-order valence-electron chi connectivity index (χ3n) is 5.33. The van der Waals surface area contributed by atoms with Crippen LogP contribution in [0.1, 0.15) is 47.8 Å². The van der Waals surface area contributed by atoms with Crippen molar-refractivity contribution in [2.75, 3.05) is 0 Å². The number of rotatable bonds is 5. The number of hydrogen-bond donors (Lipinski definition) is 0. The molecule has 0 bridgehead atoms. The maximum atomic E-state index is 11.5. The number of carbonyl (C=O) groups is 1. The van der Waals surface area contributed by atoms with E-state index in [2.05, 4.69) is 82.3 Å². The van der Waals surface area contributed by atoms with Gasteiger partial charge in [0.25, 0.3) is 0 Å². The van der Waals surface area contributed by atoms with Crippen LogP contribution in [0.15, 0.2) is 84.9 Å². The zero-order chi connectivity index (χ0) is 24.0. The van der Waals surface area contributed by atoms with Gasteiger partial charge in [0.1, 0.15) is 0 Å². The summed E-state index contributed by atoms with van der Waals surface area (Å²) in [5.41, 5.74) is 6.18. The molecule has 0 saturated carbocycles. The first-order chi connectivity index (χ1) is 15.7. The van der Waals surface area contributed by atoms with E-state index in [0.29, 0.717) is 0 Å². The summed E-state index contributed by atoms with van der Waals surface area (Å²) in [6.07, 6.45) is -0.260. The first-order valence-electron chi connectivity index (χ1n) is 11.3. The zero-order valence-electron chi connectivity index (χ0n) is 20.8. The molecule has 0 aliphatic heterocycles. The molecule has 4 aromatic carbocycles. The van der Waals surface area contributed by atoms with E-state index in [4.69, 9.17) is 4.74 Å². The van der Waals surface area contributed by atoms with Crippen LogP contribution >= 0.6 is 7.92 Å². The van der Waals surface area contributed by atoms with Crippen LogP contribution in [-0.2, 0) is 26.6 Å². The largest absolute Gasteiger partial charge is 0.748 e. The summed E-state index contributed by atoms with van der Waals surface area (Å²) in [5, 5.41) is 3.93. The van der Waals surface area contributed by atoms with E-state index in [1.54, 1.807) is 0 Å². The Bertz CT molecular complexity index is 1080. The van der Waals surface area contributed by atoms with Gasteiger partial charge in [-0.15, -0.1) is 10.9 Å². The van der Waals surface area contributed by atoms with E-state index in [9.17, 15) is 4.79 Å². The first-order valence-corrected chi connectivity index (χ1v) is 12.6. The summed E-state index contributed by atoms with van der Waals surface area (Å²) < 4.78 is 5.52. The van der Waals surface area contributed by atoms with Crippen molar-refractivity contribution in [3.8, 4) is 0 Å². The molecule has 0 amide bonds. The number of aryl methyl sites for hydroxylation is 4. The van der Waals surface area contributed by atoms with Crippen LogP contribution in [0.3, 0.4) is 0 Å². The average molecular weight is 512 g/mol. The number of benzene rings is 2. The van der Waals surface area contributed by atoms with Crippen LogP contribution in [0.25, 0.3) is 0 Å². The maximum Gasteiger partial charge on any atom is 0.302 e. The molecule has 184 valence electrons. The fourth-order valence-corrected chi connectivity index (χ4v) is 7.13.